The summed E-state index contributed by atoms with van der Waals surface area (Å²) in [5.74, 6) is 1.39. The van der Waals surface area contributed by atoms with Gasteiger partial charge in [0.15, 0.2) is 0 Å². The van der Waals surface area contributed by atoms with Crippen molar-refractivity contribution in [2.75, 3.05) is 17.7 Å². The largest absolute Gasteiger partial charge is 0.457 e. The van der Waals surface area contributed by atoms with Crippen LogP contribution in [0, 0.1) is 0 Å². The number of rotatable bonds is 7. The van der Waals surface area contributed by atoms with Crippen LogP contribution in [0.15, 0.2) is 66.9 Å². The Morgan fingerprint density at radius 3 is 2.55 bits per heavy atom. The molecule has 0 spiro atoms. The Balaban J connectivity index is 1.42. The summed E-state index contributed by atoms with van der Waals surface area (Å²) in [6.45, 7) is 0.509. The van der Waals surface area contributed by atoms with Crippen molar-refractivity contribution >= 4 is 86.7 Å². The second-order valence-corrected chi connectivity index (χ2v) is 11.0. The van der Waals surface area contributed by atoms with Gasteiger partial charge in [0.05, 0.1) is 11.7 Å². The molecule has 0 radical (unpaired) electrons. The first-order valence-corrected chi connectivity index (χ1v) is 13.2. The molecular formula is C25H20Cl5N5O3. The number of urea groups is 1. The molecule has 3 N–H and O–H groups in total. The van der Waals surface area contributed by atoms with Gasteiger partial charge in [-0.15, -0.1) is 11.6 Å². The number of halogens is 5. The molecule has 13 heteroatoms. The molecule has 0 aliphatic carbocycles. The van der Waals surface area contributed by atoms with Crippen LogP contribution in [0.1, 0.15) is 11.1 Å². The van der Waals surface area contributed by atoms with Gasteiger partial charge >= 0.3 is 12.1 Å². The van der Waals surface area contributed by atoms with Gasteiger partial charge in [-0.1, -0.05) is 64.6 Å². The summed E-state index contributed by atoms with van der Waals surface area (Å²) >= 11 is 29.5. The minimum atomic E-state index is -1.74. The van der Waals surface area contributed by atoms with Gasteiger partial charge in [-0.05, 0) is 42.5 Å². The summed E-state index contributed by atoms with van der Waals surface area (Å²) in [5, 5.41) is 13.3. The van der Waals surface area contributed by atoms with E-state index in [9.17, 15) is 9.59 Å². The van der Waals surface area contributed by atoms with Gasteiger partial charge in [-0.3, -0.25) is 0 Å². The molecule has 1 heterocycles. The molecule has 0 aliphatic rings. The summed E-state index contributed by atoms with van der Waals surface area (Å²) in [5.41, 5.74) is 2.01. The van der Waals surface area contributed by atoms with E-state index >= 15 is 0 Å². The van der Waals surface area contributed by atoms with Crippen molar-refractivity contribution in [1.29, 1.82) is 0 Å². The summed E-state index contributed by atoms with van der Waals surface area (Å²) in [6, 6.07) is 16.3. The Labute approximate surface area is 243 Å². The van der Waals surface area contributed by atoms with Crippen LogP contribution in [0.2, 0.25) is 5.02 Å². The standard InChI is InChI=1S/C25H20Cl5N5O3/c26-9-10-31-24(37)35-21-8-6-18(11-16(21)14-33-35)38-22-4-2-1-3-15(22)13-32-23(36)34-17-5-7-20(27)19(12-17)25(28,29)30/h1-8,11-12,14H,9-10,13H2,(H,31,37)(H2,32,34,36). The van der Waals surface area contributed by atoms with Crippen LogP contribution >= 0.6 is 58.0 Å². The second-order valence-electron chi connectivity index (χ2n) is 7.91. The van der Waals surface area contributed by atoms with Crippen LogP contribution in [0.4, 0.5) is 15.3 Å². The summed E-state index contributed by atoms with van der Waals surface area (Å²) in [6.07, 6.45) is 1.57. The Hall–Kier alpha value is -2.88. The number of carbonyl (C=O) groups excluding carboxylic acids is 2. The monoisotopic (exact) mass is 613 g/mol. The number of carbonyl (C=O) groups is 2. The number of para-hydroxylation sites is 1. The van der Waals surface area contributed by atoms with Crippen molar-refractivity contribution < 1.29 is 14.3 Å². The molecule has 0 bridgehead atoms. The number of aromatic nitrogens is 2. The second kappa shape index (κ2) is 12.3. The van der Waals surface area contributed by atoms with Crippen molar-refractivity contribution in [3.05, 3.63) is 83.0 Å². The highest BCUT2D eigenvalue weighted by Gasteiger charge is 2.26. The van der Waals surface area contributed by atoms with Crippen molar-refractivity contribution in [3.8, 4) is 11.5 Å². The number of anilines is 1. The molecule has 3 amide bonds. The molecule has 4 rings (SSSR count). The fourth-order valence-electron chi connectivity index (χ4n) is 3.51. The minimum Gasteiger partial charge on any atom is -0.457 e. The average Bonchev–Trinajstić information content (AvgIpc) is 3.30. The molecule has 0 saturated carbocycles. The van der Waals surface area contributed by atoms with Gasteiger partial charge in [0, 0.05) is 46.2 Å². The number of nitrogens with zero attached hydrogens (tertiary/aromatic N) is 2. The molecule has 198 valence electrons. The van der Waals surface area contributed by atoms with E-state index in [1.54, 1.807) is 36.5 Å². The van der Waals surface area contributed by atoms with Crippen molar-refractivity contribution in [1.82, 2.24) is 20.4 Å². The van der Waals surface area contributed by atoms with Gasteiger partial charge < -0.3 is 20.7 Å². The Bertz CT molecular complexity index is 1470. The van der Waals surface area contributed by atoms with E-state index in [1.165, 1.54) is 16.8 Å². The molecule has 3 aromatic carbocycles. The summed E-state index contributed by atoms with van der Waals surface area (Å²) in [7, 11) is 0. The fraction of sp³-hybridized carbons (Fsp3) is 0.160. The van der Waals surface area contributed by atoms with E-state index in [1.807, 2.05) is 18.2 Å². The predicted molar refractivity (Wildman–Crippen MR) is 152 cm³/mol. The Morgan fingerprint density at radius 2 is 1.79 bits per heavy atom. The predicted octanol–water partition coefficient (Wildman–Crippen LogP) is 7.43. The minimum absolute atomic E-state index is 0.174. The van der Waals surface area contributed by atoms with E-state index in [-0.39, 0.29) is 23.2 Å². The molecule has 1 aromatic heterocycles. The zero-order chi connectivity index (χ0) is 27.3. The van der Waals surface area contributed by atoms with Crippen molar-refractivity contribution in [3.63, 3.8) is 0 Å². The number of hydrogen-bond acceptors (Lipinski definition) is 4. The molecule has 8 nitrogen and oxygen atoms in total. The highest BCUT2D eigenvalue weighted by Crippen LogP contribution is 2.42. The third-order valence-corrected chi connectivity index (χ3v) is 6.40. The number of ether oxygens (including phenoxy) is 1. The maximum atomic E-state index is 12.5. The third-order valence-electron chi connectivity index (χ3n) is 5.27. The van der Waals surface area contributed by atoms with Crippen LogP contribution in [0.25, 0.3) is 10.9 Å². The molecular weight excluding hydrogens is 596 g/mol. The van der Waals surface area contributed by atoms with Gasteiger partial charge in [-0.25, -0.2) is 9.59 Å². The van der Waals surface area contributed by atoms with Crippen LogP contribution < -0.4 is 20.7 Å². The highest BCUT2D eigenvalue weighted by molar-refractivity contribution is 6.67. The fourth-order valence-corrected chi connectivity index (χ4v) is 4.48. The number of amides is 3. The molecule has 0 unspecified atom stereocenters. The molecule has 38 heavy (non-hydrogen) atoms. The molecule has 4 aromatic rings. The first-order chi connectivity index (χ1) is 18.2. The first-order valence-electron chi connectivity index (χ1n) is 11.1. The van der Waals surface area contributed by atoms with Crippen LogP contribution in [0.5, 0.6) is 11.5 Å². The lowest BCUT2D eigenvalue weighted by atomic mass is 10.2. The molecule has 0 aliphatic heterocycles. The van der Waals surface area contributed by atoms with Crippen LogP contribution in [-0.4, -0.2) is 34.3 Å². The molecule has 0 fully saturated rings. The molecule has 0 saturated heterocycles. The lowest BCUT2D eigenvalue weighted by Crippen LogP contribution is -2.30. The molecule has 0 atom stereocenters. The zero-order valence-corrected chi connectivity index (χ0v) is 23.3. The third kappa shape index (κ3) is 6.95. The first kappa shape index (κ1) is 28.1. The topological polar surface area (TPSA) is 97.3 Å². The maximum Gasteiger partial charge on any atom is 0.342 e. The summed E-state index contributed by atoms with van der Waals surface area (Å²) in [4.78, 5) is 24.8. The SMILES string of the molecule is O=C(NCc1ccccc1Oc1ccc2c(cnn2C(=O)NCCCl)c1)Nc1ccc(Cl)c(C(Cl)(Cl)Cl)c1. The number of fused-ring (bicyclic) bond motifs is 1. The van der Waals surface area contributed by atoms with Crippen molar-refractivity contribution in [2.24, 2.45) is 0 Å². The quantitative estimate of drug-likeness (QED) is 0.189. The van der Waals surface area contributed by atoms with Gasteiger partial charge in [0.1, 0.15) is 11.5 Å². The van der Waals surface area contributed by atoms with E-state index in [4.69, 9.17) is 62.7 Å². The van der Waals surface area contributed by atoms with Crippen LogP contribution in [-0.2, 0) is 10.3 Å². The van der Waals surface area contributed by atoms with E-state index in [0.29, 0.717) is 35.1 Å². The van der Waals surface area contributed by atoms with Gasteiger partial charge in [0.25, 0.3) is 0 Å². The maximum absolute atomic E-state index is 12.5. The Morgan fingerprint density at radius 1 is 1.00 bits per heavy atom. The van der Waals surface area contributed by atoms with E-state index < -0.39 is 9.82 Å². The number of benzene rings is 3. The van der Waals surface area contributed by atoms with Gasteiger partial charge in [0.2, 0.25) is 3.79 Å². The van der Waals surface area contributed by atoms with Crippen LogP contribution in [0.3, 0.4) is 0 Å². The lowest BCUT2D eigenvalue weighted by Gasteiger charge is -2.16. The smallest absolute Gasteiger partial charge is 0.342 e. The Kier molecular flexibility index (Phi) is 9.12. The van der Waals surface area contributed by atoms with E-state index in [2.05, 4.69) is 21.0 Å². The normalized spacial score (nSPS) is 11.3. The van der Waals surface area contributed by atoms with E-state index in [0.717, 1.165) is 10.9 Å². The number of alkyl halides is 4. The van der Waals surface area contributed by atoms with Gasteiger partial charge in [-0.2, -0.15) is 9.78 Å². The van der Waals surface area contributed by atoms with Crippen molar-refractivity contribution in [2.45, 2.75) is 10.3 Å². The summed E-state index contributed by atoms with van der Waals surface area (Å²) < 4.78 is 5.61. The zero-order valence-electron chi connectivity index (χ0n) is 19.5. The average molecular weight is 616 g/mol. The number of hydrogen-bond donors (Lipinski definition) is 3. The highest BCUT2D eigenvalue weighted by atomic mass is 35.6. The lowest BCUT2D eigenvalue weighted by molar-refractivity contribution is 0.241. The number of nitrogens with one attached hydrogen (secondary N) is 3.